The van der Waals surface area contributed by atoms with Crippen molar-refractivity contribution in [3.8, 4) is 0 Å². The molecule has 0 heterocycles. The third-order valence-electron chi connectivity index (χ3n) is 2.31. The number of nitrogens with zero attached hydrogens (tertiary/aromatic N) is 1. The third-order valence-corrected chi connectivity index (χ3v) is 4.28. The summed E-state index contributed by atoms with van der Waals surface area (Å²) in [6.45, 7) is 1.61. The quantitative estimate of drug-likeness (QED) is 0.862. The van der Waals surface area contributed by atoms with Crippen LogP contribution in [0.3, 0.4) is 0 Å². The van der Waals surface area contributed by atoms with Gasteiger partial charge in [0.15, 0.2) is 0 Å². The fraction of sp³-hybridized carbons (Fsp3) is 0.400. The molecule has 1 aromatic carbocycles. The van der Waals surface area contributed by atoms with E-state index in [1.54, 1.807) is 6.92 Å². The van der Waals surface area contributed by atoms with Crippen LogP contribution in [-0.4, -0.2) is 31.4 Å². The summed E-state index contributed by atoms with van der Waals surface area (Å²) in [4.78, 5) is -0.367. The smallest absolute Gasteiger partial charge is 0.245 e. The number of rotatable bonds is 4. The maximum absolute atomic E-state index is 13.5. The standard InChI is InChI=1S/C10H14FNO3S/c1-3-12(2)16(14,15)10-5-4-8(7-13)6-9(10)11/h4-6,13H,3,7H2,1-2H3. The molecule has 0 atom stereocenters. The highest BCUT2D eigenvalue weighted by atomic mass is 32.2. The lowest BCUT2D eigenvalue weighted by molar-refractivity contribution is 0.281. The average molecular weight is 247 g/mol. The molecule has 90 valence electrons. The van der Waals surface area contributed by atoms with Crippen molar-refractivity contribution in [1.29, 1.82) is 0 Å². The third kappa shape index (κ3) is 2.40. The van der Waals surface area contributed by atoms with E-state index >= 15 is 0 Å². The van der Waals surface area contributed by atoms with Crippen molar-refractivity contribution in [3.05, 3.63) is 29.6 Å². The Morgan fingerprint density at radius 1 is 1.44 bits per heavy atom. The van der Waals surface area contributed by atoms with Crippen LogP contribution in [0.15, 0.2) is 23.1 Å². The molecule has 0 aromatic heterocycles. The Bertz CT molecular complexity index is 473. The molecule has 1 aromatic rings. The van der Waals surface area contributed by atoms with Gasteiger partial charge < -0.3 is 5.11 Å². The fourth-order valence-electron chi connectivity index (χ4n) is 1.19. The van der Waals surface area contributed by atoms with E-state index in [9.17, 15) is 12.8 Å². The molecule has 1 rings (SSSR count). The van der Waals surface area contributed by atoms with Crippen molar-refractivity contribution in [2.45, 2.75) is 18.4 Å². The summed E-state index contributed by atoms with van der Waals surface area (Å²) in [5, 5.41) is 8.78. The van der Waals surface area contributed by atoms with Gasteiger partial charge in [0, 0.05) is 13.6 Å². The van der Waals surface area contributed by atoms with Crippen molar-refractivity contribution in [1.82, 2.24) is 4.31 Å². The Kier molecular flexibility index (Phi) is 4.01. The van der Waals surface area contributed by atoms with Crippen molar-refractivity contribution in [3.63, 3.8) is 0 Å². The summed E-state index contributed by atoms with van der Waals surface area (Å²) < 4.78 is 38.2. The van der Waals surface area contributed by atoms with Gasteiger partial charge in [-0.2, -0.15) is 0 Å². The first-order valence-corrected chi connectivity index (χ1v) is 6.23. The van der Waals surface area contributed by atoms with Gasteiger partial charge >= 0.3 is 0 Å². The second kappa shape index (κ2) is 4.90. The van der Waals surface area contributed by atoms with Gasteiger partial charge in [0.05, 0.1) is 6.61 Å². The normalized spacial score (nSPS) is 12.1. The number of aliphatic hydroxyl groups is 1. The number of benzene rings is 1. The fourth-order valence-corrected chi connectivity index (χ4v) is 2.41. The van der Waals surface area contributed by atoms with Crippen molar-refractivity contribution in [2.75, 3.05) is 13.6 Å². The molecule has 0 aliphatic rings. The molecule has 0 saturated carbocycles. The van der Waals surface area contributed by atoms with E-state index in [2.05, 4.69) is 0 Å². The van der Waals surface area contributed by atoms with E-state index in [0.29, 0.717) is 5.56 Å². The van der Waals surface area contributed by atoms with Crippen LogP contribution in [0.4, 0.5) is 4.39 Å². The summed E-state index contributed by atoms with van der Waals surface area (Å²) in [6, 6.07) is 3.58. The number of aliphatic hydroxyl groups excluding tert-OH is 1. The molecular formula is C10H14FNO3S. The lowest BCUT2D eigenvalue weighted by Crippen LogP contribution is -2.27. The summed E-state index contributed by atoms with van der Waals surface area (Å²) in [6.07, 6.45) is 0. The van der Waals surface area contributed by atoms with Crippen LogP contribution in [0.2, 0.25) is 0 Å². The Morgan fingerprint density at radius 2 is 2.06 bits per heavy atom. The molecule has 0 bridgehead atoms. The van der Waals surface area contributed by atoms with Crippen LogP contribution in [0.1, 0.15) is 12.5 Å². The summed E-state index contributed by atoms with van der Waals surface area (Å²) >= 11 is 0. The van der Waals surface area contributed by atoms with E-state index in [-0.39, 0.29) is 18.0 Å². The Hall–Kier alpha value is -0.980. The number of sulfonamides is 1. The van der Waals surface area contributed by atoms with Crippen molar-refractivity contribution >= 4 is 10.0 Å². The molecule has 0 unspecified atom stereocenters. The Morgan fingerprint density at radius 3 is 2.50 bits per heavy atom. The zero-order valence-corrected chi connectivity index (χ0v) is 9.96. The molecule has 0 radical (unpaired) electrons. The van der Waals surface area contributed by atoms with Crippen LogP contribution < -0.4 is 0 Å². The van der Waals surface area contributed by atoms with E-state index in [0.717, 1.165) is 10.4 Å². The number of hydrogen-bond acceptors (Lipinski definition) is 3. The van der Waals surface area contributed by atoms with E-state index < -0.39 is 15.8 Å². The van der Waals surface area contributed by atoms with Gasteiger partial charge in [0.25, 0.3) is 0 Å². The highest BCUT2D eigenvalue weighted by Crippen LogP contribution is 2.19. The molecular weight excluding hydrogens is 233 g/mol. The second-order valence-corrected chi connectivity index (χ2v) is 5.36. The first-order chi connectivity index (χ1) is 7.43. The minimum atomic E-state index is -3.77. The minimum absolute atomic E-state index is 0.267. The van der Waals surface area contributed by atoms with Crippen LogP contribution in [-0.2, 0) is 16.6 Å². The zero-order chi connectivity index (χ0) is 12.3. The van der Waals surface area contributed by atoms with Gasteiger partial charge in [-0.3, -0.25) is 0 Å². The zero-order valence-electron chi connectivity index (χ0n) is 9.14. The molecule has 1 N–H and O–H groups in total. The molecule has 6 heteroatoms. The minimum Gasteiger partial charge on any atom is -0.392 e. The molecule has 4 nitrogen and oxygen atoms in total. The number of hydrogen-bond donors (Lipinski definition) is 1. The van der Waals surface area contributed by atoms with Crippen LogP contribution >= 0.6 is 0 Å². The molecule has 0 amide bonds. The monoisotopic (exact) mass is 247 g/mol. The van der Waals surface area contributed by atoms with Gasteiger partial charge in [-0.15, -0.1) is 0 Å². The highest BCUT2D eigenvalue weighted by Gasteiger charge is 2.23. The summed E-state index contributed by atoms with van der Waals surface area (Å²) in [5.41, 5.74) is 0.343. The largest absolute Gasteiger partial charge is 0.392 e. The SMILES string of the molecule is CCN(C)S(=O)(=O)c1ccc(CO)cc1F. The maximum atomic E-state index is 13.5. The molecule has 0 spiro atoms. The molecule has 0 aliphatic carbocycles. The molecule has 16 heavy (non-hydrogen) atoms. The van der Waals surface area contributed by atoms with Crippen molar-refractivity contribution < 1.29 is 17.9 Å². The first-order valence-electron chi connectivity index (χ1n) is 4.79. The summed E-state index contributed by atoms with van der Waals surface area (Å²) in [5.74, 6) is -0.841. The van der Waals surface area contributed by atoms with Gasteiger partial charge in [-0.25, -0.2) is 17.1 Å². The molecule has 0 saturated heterocycles. The predicted octanol–water partition coefficient (Wildman–Crippen LogP) is 0.958. The van der Waals surface area contributed by atoms with E-state index in [1.165, 1.54) is 19.2 Å². The molecule has 0 fully saturated rings. The summed E-state index contributed by atoms with van der Waals surface area (Å²) in [7, 11) is -2.38. The van der Waals surface area contributed by atoms with Gasteiger partial charge in [0.2, 0.25) is 10.0 Å². The Balaban J connectivity index is 3.24. The van der Waals surface area contributed by atoms with Crippen LogP contribution in [0.5, 0.6) is 0 Å². The van der Waals surface area contributed by atoms with Gasteiger partial charge in [-0.05, 0) is 17.7 Å². The van der Waals surface area contributed by atoms with Gasteiger partial charge in [0.1, 0.15) is 10.7 Å². The number of halogens is 1. The first kappa shape index (κ1) is 13.1. The predicted molar refractivity (Wildman–Crippen MR) is 57.8 cm³/mol. The lowest BCUT2D eigenvalue weighted by Gasteiger charge is -2.15. The average Bonchev–Trinajstić information content (AvgIpc) is 2.27. The molecule has 0 aliphatic heterocycles. The van der Waals surface area contributed by atoms with E-state index in [4.69, 9.17) is 5.11 Å². The topological polar surface area (TPSA) is 57.6 Å². The second-order valence-electron chi connectivity index (χ2n) is 3.34. The van der Waals surface area contributed by atoms with Gasteiger partial charge in [-0.1, -0.05) is 13.0 Å². The van der Waals surface area contributed by atoms with Crippen LogP contribution in [0.25, 0.3) is 0 Å². The van der Waals surface area contributed by atoms with Crippen LogP contribution in [0, 0.1) is 5.82 Å². The maximum Gasteiger partial charge on any atom is 0.245 e. The Labute approximate surface area is 94.4 Å². The van der Waals surface area contributed by atoms with E-state index in [1.807, 2.05) is 0 Å². The highest BCUT2D eigenvalue weighted by molar-refractivity contribution is 7.89. The lowest BCUT2D eigenvalue weighted by atomic mass is 10.2. The van der Waals surface area contributed by atoms with Crippen molar-refractivity contribution in [2.24, 2.45) is 0 Å².